The van der Waals surface area contributed by atoms with Crippen LogP contribution in [0.5, 0.6) is 0 Å². The minimum Gasteiger partial charge on any atom is -0.336 e. The Morgan fingerprint density at radius 1 is 1.18 bits per heavy atom. The number of carbonyl (C=O) groups is 2. The third-order valence-electron chi connectivity index (χ3n) is 4.60. The molecule has 3 heterocycles. The maximum atomic E-state index is 12.7. The number of rotatable bonds is 1. The SMILES string of the molecule is Cl.O=C(c1ccc2c(c1)CNC2)N1CCN2C(=O)NCC2C1. The summed E-state index contributed by atoms with van der Waals surface area (Å²) in [6.45, 7) is 4.21. The molecule has 6 nitrogen and oxygen atoms in total. The first-order valence-electron chi connectivity index (χ1n) is 7.38. The molecule has 0 spiro atoms. The molecule has 118 valence electrons. The zero-order valence-corrected chi connectivity index (χ0v) is 13.0. The molecule has 0 aliphatic carbocycles. The number of carbonyl (C=O) groups excluding carboxylic acids is 2. The van der Waals surface area contributed by atoms with Gasteiger partial charge in [0.15, 0.2) is 0 Å². The smallest absolute Gasteiger partial charge is 0.317 e. The summed E-state index contributed by atoms with van der Waals surface area (Å²) in [6, 6.07) is 6.07. The maximum Gasteiger partial charge on any atom is 0.317 e. The third-order valence-corrected chi connectivity index (χ3v) is 4.60. The molecule has 1 atom stereocenters. The molecule has 0 aromatic heterocycles. The van der Waals surface area contributed by atoms with E-state index in [4.69, 9.17) is 0 Å². The van der Waals surface area contributed by atoms with Gasteiger partial charge >= 0.3 is 6.03 Å². The van der Waals surface area contributed by atoms with Crippen molar-refractivity contribution >= 4 is 24.3 Å². The van der Waals surface area contributed by atoms with Crippen LogP contribution in [0.15, 0.2) is 18.2 Å². The maximum absolute atomic E-state index is 12.7. The van der Waals surface area contributed by atoms with Crippen LogP contribution in [0.3, 0.4) is 0 Å². The monoisotopic (exact) mass is 322 g/mol. The average Bonchev–Trinajstić information content (AvgIpc) is 3.12. The van der Waals surface area contributed by atoms with Gasteiger partial charge in [0, 0.05) is 44.8 Å². The summed E-state index contributed by atoms with van der Waals surface area (Å²) in [7, 11) is 0. The van der Waals surface area contributed by atoms with E-state index in [0.717, 1.165) is 18.7 Å². The fraction of sp³-hybridized carbons (Fsp3) is 0.467. The van der Waals surface area contributed by atoms with E-state index in [-0.39, 0.29) is 30.4 Å². The Bertz CT molecular complexity index is 622. The molecule has 3 aliphatic heterocycles. The standard InChI is InChI=1S/C15H18N4O2.ClH/c20-14(10-1-2-11-6-16-7-12(11)5-10)18-3-4-19-13(9-18)8-17-15(19)21;/h1-2,5,13,16H,3-4,6-9H2,(H,17,21);1H. The number of halogens is 1. The molecule has 3 amide bonds. The van der Waals surface area contributed by atoms with Crippen molar-refractivity contribution in [3.05, 3.63) is 34.9 Å². The van der Waals surface area contributed by atoms with E-state index in [0.29, 0.717) is 26.2 Å². The van der Waals surface area contributed by atoms with Crippen LogP contribution in [0.2, 0.25) is 0 Å². The fourth-order valence-corrected chi connectivity index (χ4v) is 3.40. The molecule has 7 heteroatoms. The van der Waals surface area contributed by atoms with Crippen molar-refractivity contribution in [2.75, 3.05) is 26.2 Å². The first-order valence-corrected chi connectivity index (χ1v) is 7.38. The summed E-state index contributed by atoms with van der Waals surface area (Å²) in [4.78, 5) is 27.9. The number of urea groups is 1. The molecule has 1 aromatic rings. The normalized spacial score (nSPS) is 22.7. The summed E-state index contributed by atoms with van der Waals surface area (Å²) in [5.41, 5.74) is 3.25. The molecule has 22 heavy (non-hydrogen) atoms. The largest absolute Gasteiger partial charge is 0.336 e. The Morgan fingerprint density at radius 3 is 2.86 bits per heavy atom. The van der Waals surface area contributed by atoms with Crippen molar-refractivity contribution < 1.29 is 9.59 Å². The molecule has 2 fully saturated rings. The molecule has 1 aromatic carbocycles. The van der Waals surface area contributed by atoms with Gasteiger partial charge in [-0.3, -0.25) is 4.79 Å². The Balaban J connectivity index is 0.00000144. The molecule has 2 saturated heterocycles. The lowest BCUT2D eigenvalue weighted by molar-refractivity contribution is 0.0617. The van der Waals surface area contributed by atoms with Gasteiger partial charge in [0.1, 0.15) is 0 Å². The molecule has 1 unspecified atom stereocenters. The molecule has 0 radical (unpaired) electrons. The first kappa shape index (κ1) is 15.1. The first-order chi connectivity index (χ1) is 10.2. The van der Waals surface area contributed by atoms with Gasteiger partial charge in [-0.2, -0.15) is 0 Å². The molecule has 0 bridgehead atoms. The summed E-state index contributed by atoms with van der Waals surface area (Å²) in [6.07, 6.45) is 0. The van der Waals surface area contributed by atoms with Gasteiger partial charge in [-0.15, -0.1) is 12.4 Å². The molecular formula is C15H19ClN4O2. The van der Waals surface area contributed by atoms with Crippen molar-refractivity contribution in [3.8, 4) is 0 Å². The van der Waals surface area contributed by atoms with Crippen LogP contribution in [-0.2, 0) is 13.1 Å². The molecule has 0 saturated carbocycles. The van der Waals surface area contributed by atoms with Crippen molar-refractivity contribution in [3.63, 3.8) is 0 Å². The number of nitrogens with zero attached hydrogens (tertiary/aromatic N) is 2. The van der Waals surface area contributed by atoms with Gasteiger partial charge in [-0.05, 0) is 23.3 Å². The quantitative estimate of drug-likeness (QED) is 0.794. The minimum atomic E-state index is -0.00398. The number of fused-ring (bicyclic) bond motifs is 2. The Kier molecular flexibility index (Phi) is 3.97. The van der Waals surface area contributed by atoms with Crippen LogP contribution >= 0.6 is 12.4 Å². The van der Waals surface area contributed by atoms with Crippen LogP contribution in [0.1, 0.15) is 21.5 Å². The molecule has 4 rings (SSSR count). The lowest BCUT2D eigenvalue weighted by atomic mass is 10.0. The zero-order chi connectivity index (χ0) is 14.4. The third kappa shape index (κ3) is 2.42. The lowest BCUT2D eigenvalue weighted by Crippen LogP contribution is -2.53. The van der Waals surface area contributed by atoms with Crippen molar-refractivity contribution in [2.45, 2.75) is 19.1 Å². The highest BCUT2D eigenvalue weighted by Crippen LogP contribution is 2.20. The van der Waals surface area contributed by atoms with Crippen molar-refractivity contribution in [1.29, 1.82) is 0 Å². The van der Waals surface area contributed by atoms with Crippen LogP contribution < -0.4 is 10.6 Å². The second-order valence-electron chi connectivity index (χ2n) is 5.87. The van der Waals surface area contributed by atoms with E-state index in [2.05, 4.69) is 10.6 Å². The van der Waals surface area contributed by atoms with Gasteiger partial charge in [-0.1, -0.05) is 6.07 Å². The van der Waals surface area contributed by atoms with Crippen molar-refractivity contribution in [2.24, 2.45) is 0 Å². The Morgan fingerprint density at radius 2 is 2.00 bits per heavy atom. The predicted molar refractivity (Wildman–Crippen MR) is 84.0 cm³/mol. The highest BCUT2D eigenvalue weighted by molar-refractivity contribution is 5.95. The van der Waals surface area contributed by atoms with Crippen LogP contribution in [0.4, 0.5) is 4.79 Å². The van der Waals surface area contributed by atoms with E-state index in [1.807, 2.05) is 28.0 Å². The molecular weight excluding hydrogens is 304 g/mol. The lowest BCUT2D eigenvalue weighted by Gasteiger charge is -2.36. The Hall–Kier alpha value is -1.79. The summed E-state index contributed by atoms with van der Waals surface area (Å²) < 4.78 is 0. The predicted octanol–water partition coefficient (Wildman–Crippen LogP) is 0.561. The highest BCUT2D eigenvalue weighted by Gasteiger charge is 2.37. The van der Waals surface area contributed by atoms with Gasteiger partial charge in [0.25, 0.3) is 5.91 Å². The summed E-state index contributed by atoms with van der Waals surface area (Å²) in [5, 5.41) is 6.13. The van der Waals surface area contributed by atoms with E-state index in [1.165, 1.54) is 11.1 Å². The summed E-state index contributed by atoms with van der Waals surface area (Å²) >= 11 is 0. The number of hydrogen-bond acceptors (Lipinski definition) is 3. The second kappa shape index (κ2) is 5.78. The highest BCUT2D eigenvalue weighted by atomic mass is 35.5. The number of hydrogen-bond donors (Lipinski definition) is 2. The zero-order valence-electron chi connectivity index (χ0n) is 12.2. The number of amides is 3. The number of nitrogens with one attached hydrogen (secondary N) is 2. The second-order valence-corrected chi connectivity index (χ2v) is 5.87. The topological polar surface area (TPSA) is 64.7 Å². The van der Waals surface area contributed by atoms with Crippen LogP contribution in [0.25, 0.3) is 0 Å². The number of piperazine rings is 1. The van der Waals surface area contributed by atoms with Crippen LogP contribution in [-0.4, -0.2) is 54.0 Å². The van der Waals surface area contributed by atoms with Gasteiger partial charge in [-0.25, -0.2) is 4.79 Å². The van der Waals surface area contributed by atoms with Gasteiger partial charge in [0.2, 0.25) is 0 Å². The van der Waals surface area contributed by atoms with E-state index < -0.39 is 0 Å². The summed E-state index contributed by atoms with van der Waals surface area (Å²) in [5.74, 6) is 0.0729. The van der Waals surface area contributed by atoms with E-state index in [9.17, 15) is 9.59 Å². The minimum absolute atomic E-state index is 0. The Labute approximate surface area is 135 Å². The average molecular weight is 323 g/mol. The van der Waals surface area contributed by atoms with Gasteiger partial charge in [0.05, 0.1) is 6.04 Å². The van der Waals surface area contributed by atoms with Crippen LogP contribution in [0, 0.1) is 0 Å². The van der Waals surface area contributed by atoms with Crippen molar-refractivity contribution in [1.82, 2.24) is 20.4 Å². The van der Waals surface area contributed by atoms with E-state index in [1.54, 1.807) is 0 Å². The van der Waals surface area contributed by atoms with E-state index >= 15 is 0 Å². The number of benzene rings is 1. The van der Waals surface area contributed by atoms with Gasteiger partial charge < -0.3 is 20.4 Å². The molecule has 3 aliphatic rings. The molecule has 2 N–H and O–H groups in total. The fourth-order valence-electron chi connectivity index (χ4n) is 3.40.